The third kappa shape index (κ3) is 11.4. The van der Waals surface area contributed by atoms with Crippen molar-refractivity contribution in [2.24, 2.45) is 5.41 Å². The molecule has 2 aliphatic heterocycles. The molecule has 2 fully saturated rings. The summed E-state index contributed by atoms with van der Waals surface area (Å²) in [6, 6.07) is 18.0. The number of H-pyrrole nitrogens is 1. The summed E-state index contributed by atoms with van der Waals surface area (Å²) in [5.41, 5.74) is 3.98. The van der Waals surface area contributed by atoms with Crippen molar-refractivity contribution < 1.29 is 31.9 Å². The fraction of sp³-hybridized carbons (Fsp3) is 0.429. The van der Waals surface area contributed by atoms with Crippen molar-refractivity contribution in [1.82, 2.24) is 34.4 Å². The number of hydrogen-bond donors (Lipinski definition) is 2. The number of alkyl halides is 1. The average Bonchev–Trinajstić information content (AvgIpc) is 3.76. The largest absolute Gasteiger partial charge is 0.470 e. The molecule has 0 radical (unpaired) electrons. The van der Waals surface area contributed by atoms with Crippen LogP contribution in [-0.2, 0) is 14.8 Å². The number of carbonyl (C=O) groups is 2. The van der Waals surface area contributed by atoms with Crippen LogP contribution in [0.2, 0.25) is 10.0 Å². The summed E-state index contributed by atoms with van der Waals surface area (Å²) < 4.78 is 57.9. The first-order valence-electron chi connectivity index (χ1n) is 22.5. The Bertz CT molecular complexity index is 2770. The van der Waals surface area contributed by atoms with Gasteiger partial charge in [0.05, 0.1) is 24.5 Å². The van der Waals surface area contributed by atoms with Crippen molar-refractivity contribution in [2.75, 3.05) is 71.4 Å². The van der Waals surface area contributed by atoms with Crippen LogP contribution in [0.4, 0.5) is 10.1 Å². The lowest BCUT2D eigenvalue weighted by Crippen LogP contribution is -2.52. The Morgan fingerprint density at radius 3 is 2.37 bits per heavy atom. The SMILES string of the molecule is CC(Oc1ncc(S(=O)(=O)NC(=O)c2ccc(N3CCN(CC4=C(c5ccc(Cl)cc5)CC(C)(C)CC4)CC3)cc2Oc2cnc3[nH]ccc3c2)cc1Cl)C1(F)CCN(C(=O)CN(C)C)CC1. The fourth-order valence-corrected chi connectivity index (χ4v) is 10.4. The van der Waals surface area contributed by atoms with Gasteiger partial charge in [-0.2, -0.15) is 0 Å². The Morgan fingerprint density at radius 1 is 0.940 bits per heavy atom. The quantitative estimate of drug-likeness (QED) is 0.110. The van der Waals surface area contributed by atoms with Crippen LogP contribution in [0, 0.1) is 5.41 Å². The summed E-state index contributed by atoms with van der Waals surface area (Å²) in [6.07, 6.45) is 6.56. The first-order chi connectivity index (χ1) is 31.8. The summed E-state index contributed by atoms with van der Waals surface area (Å²) >= 11 is 12.7. The van der Waals surface area contributed by atoms with Crippen LogP contribution in [0.25, 0.3) is 16.6 Å². The van der Waals surface area contributed by atoms with Crippen molar-refractivity contribution >= 4 is 67.3 Å². The predicted octanol–water partition coefficient (Wildman–Crippen LogP) is 8.62. The van der Waals surface area contributed by atoms with E-state index in [0.29, 0.717) is 11.4 Å². The van der Waals surface area contributed by atoms with Gasteiger partial charge in [-0.25, -0.2) is 27.5 Å². The number of amides is 2. The third-order valence-electron chi connectivity index (χ3n) is 13.1. The number of anilines is 1. The highest BCUT2D eigenvalue weighted by Gasteiger charge is 2.43. The number of sulfonamides is 1. The zero-order chi connectivity index (χ0) is 47.7. The average molecular weight is 976 g/mol. The number of rotatable bonds is 14. The topological polar surface area (TPSA) is 153 Å². The van der Waals surface area contributed by atoms with Crippen LogP contribution >= 0.6 is 23.2 Å². The molecule has 18 heteroatoms. The molecular formula is C49H57Cl2FN8O6S. The second kappa shape index (κ2) is 19.8. The maximum atomic E-state index is 16.1. The number of piperidine rings is 1. The smallest absolute Gasteiger partial charge is 0.268 e. The summed E-state index contributed by atoms with van der Waals surface area (Å²) in [5.74, 6) is -0.702. The number of benzene rings is 2. The fourth-order valence-electron chi connectivity index (χ4n) is 9.04. The number of likely N-dealkylation sites (N-methyl/N-ethyl adjacent to an activating group) is 1. The van der Waals surface area contributed by atoms with Crippen molar-refractivity contribution in [3.05, 3.63) is 106 Å². The van der Waals surface area contributed by atoms with Crippen molar-refractivity contribution in [3.8, 4) is 17.4 Å². The number of halogens is 3. The van der Waals surface area contributed by atoms with E-state index in [4.69, 9.17) is 32.7 Å². The number of fused-ring (bicyclic) bond motifs is 1. The molecule has 2 N–H and O–H groups in total. The van der Waals surface area contributed by atoms with E-state index in [1.165, 1.54) is 22.9 Å². The molecule has 0 bridgehead atoms. The minimum atomic E-state index is -4.54. The maximum absolute atomic E-state index is 16.1. The van der Waals surface area contributed by atoms with Crippen LogP contribution in [0.1, 0.15) is 68.8 Å². The van der Waals surface area contributed by atoms with Gasteiger partial charge >= 0.3 is 0 Å². The number of nitrogens with one attached hydrogen (secondary N) is 2. The number of likely N-dealkylation sites (tertiary alicyclic amines) is 1. The standard InChI is InChI=1S/C49H57Cl2FN8O6S/c1-32(49(52)15-18-60(19-16-49)44(61)31-57(4)5)65-47-42(51)26-39(29-55-47)67(63,64)56-46(62)40-11-10-37(25-43(40)66-38-24-34-13-17-53-45(34)54-28-38)59-22-20-58(21-23-59)30-35-12-14-48(2,3)27-41(35)33-6-8-36(50)9-7-33/h6-11,13,17,24-26,28-29,32H,12,14-16,18-23,27,30-31H2,1-5H3,(H,53,54)(H,56,62). The first-order valence-corrected chi connectivity index (χ1v) is 24.8. The van der Waals surface area contributed by atoms with Gasteiger partial charge in [-0.3, -0.25) is 14.5 Å². The van der Waals surface area contributed by atoms with Gasteiger partial charge in [0.1, 0.15) is 33.2 Å². The highest BCUT2D eigenvalue weighted by molar-refractivity contribution is 7.90. The van der Waals surface area contributed by atoms with Gasteiger partial charge in [0, 0.05) is 87.0 Å². The van der Waals surface area contributed by atoms with E-state index in [1.807, 2.05) is 18.2 Å². The van der Waals surface area contributed by atoms with Crippen molar-refractivity contribution in [3.63, 3.8) is 0 Å². The monoisotopic (exact) mass is 974 g/mol. The molecule has 3 aromatic heterocycles. The van der Waals surface area contributed by atoms with Crippen LogP contribution in [0.3, 0.4) is 0 Å². The summed E-state index contributed by atoms with van der Waals surface area (Å²) in [5, 5.41) is 1.33. The molecule has 8 rings (SSSR count). The predicted molar refractivity (Wildman–Crippen MR) is 259 cm³/mol. The molecule has 5 aromatic rings. The number of allylic oxidation sites excluding steroid dienone is 1. The lowest BCUT2D eigenvalue weighted by Gasteiger charge is -2.39. The molecule has 1 unspecified atom stereocenters. The molecule has 2 saturated heterocycles. The summed E-state index contributed by atoms with van der Waals surface area (Å²) in [6.45, 7) is 10.9. The molecular weight excluding hydrogens is 919 g/mol. The van der Waals surface area contributed by atoms with E-state index >= 15 is 4.39 Å². The Hall–Kier alpha value is -5.26. The number of carbonyl (C=O) groups excluding carboxylic acids is 2. The number of piperazine rings is 1. The lowest BCUT2D eigenvalue weighted by molar-refractivity contribution is -0.136. The van der Waals surface area contributed by atoms with Gasteiger partial charge in [0.25, 0.3) is 15.9 Å². The van der Waals surface area contributed by atoms with Crippen LogP contribution in [0.15, 0.2) is 89.7 Å². The van der Waals surface area contributed by atoms with Gasteiger partial charge in [-0.15, -0.1) is 0 Å². The zero-order valence-corrected chi connectivity index (χ0v) is 40.8. The molecule has 356 valence electrons. The second-order valence-electron chi connectivity index (χ2n) is 18.9. The lowest BCUT2D eigenvalue weighted by atomic mass is 9.72. The van der Waals surface area contributed by atoms with E-state index in [1.54, 1.807) is 61.3 Å². The molecule has 14 nitrogen and oxygen atoms in total. The molecule has 0 saturated carbocycles. The molecule has 2 amide bonds. The van der Waals surface area contributed by atoms with E-state index in [-0.39, 0.29) is 66.0 Å². The Kier molecular flexibility index (Phi) is 14.2. The Balaban J connectivity index is 0.959. The van der Waals surface area contributed by atoms with E-state index in [2.05, 4.69) is 55.5 Å². The number of pyridine rings is 2. The summed E-state index contributed by atoms with van der Waals surface area (Å²) in [7, 11) is -0.941. The van der Waals surface area contributed by atoms with Crippen molar-refractivity contribution in [1.29, 1.82) is 0 Å². The minimum Gasteiger partial charge on any atom is -0.470 e. The molecule has 1 aliphatic carbocycles. The third-order valence-corrected chi connectivity index (χ3v) is 14.9. The van der Waals surface area contributed by atoms with Crippen LogP contribution < -0.4 is 19.1 Å². The Morgan fingerprint density at radius 2 is 1.67 bits per heavy atom. The molecule has 1 atom stereocenters. The molecule has 3 aliphatic rings. The number of aromatic amines is 1. The summed E-state index contributed by atoms with van der Waals surface area (Å²) in [4.78, 5) is 45.8. The highest BCUT2D eigenvalue weighted by atomic mass is 35.5. The van der Waals surface area contributed by atoms with Crippen LogP contribution in [0.5, 0.6) is 17.4 Å². The first kappa shape index (κ1) is 48.2. The van der Waals surface area contributed by atoms with Gasteiger partial charge in [0.2, 0.25) is 11.8 Å². The number of hydrogen-bond acceptors (Lipinski definition) is 11. The zero-order valence-electron chi connectivity index (χ0n) is 38.5. The normalized spacial score (nSPS) is 18.3. The highest BCUT2D eigenvalue weighted by Crippen LogP contribution is 2.44. The molecule has 5 heterocycles. The minimum absolute atomic E-state index is 0.0300. The molecule has 67 heavy (non-hydrogen) atoms. The van der Waals surface area contributed by atoms with Gasteiger partial charge in [-0.05, 0) is 99.3 Å². The van der Waals surface area contributed by atoms with Gasteiger partial charge < -0.3 is 29.2 Å². The molecule has 0 spiro atoms. The maximum Gasteiger partial charge on any atom is 0.268 e. The van der Waals surface area contributed by atoms with E-state index in [0.717, 1.165) is 80.3 Å². The molecule has 2 aromatic carbocycles. The number of aromatic nitrogens is 3. The van der Waals surface area contributed by atoms with E-state index in [9.17, 15) is 18.0 Å². The Labute approximate surface area is 401 Å². The number of nitrogens with zero attached hydrogens (tertiary/aromatic N) is 6. The number of ether oxygens (including phenoxy) is 2. The van der Waals surface area contributed by atoms with Gasteiger partial charge in [0.15, 0.2) is 5.67 Å². The van der Waals surface area contributed by atoms with E-state index < -0.39 is 32.6 Å². The van der Waals surface area contributed by atoms with Crippen molar-refractivity contribution in [2.45, 2.75) is 69.5 Å². The second-order valence-corrected chi connectivity index (χ2v) is 21.4. The van der Waals surface area contributed by atoms with Crippen LogP contribution in [-0.4, -0.2) is 128 Å². The van der Waals surface area contributed by atoms with Gasteiger partial charge in [-0.1, -0.05) is 54.8 Å².